The zero-order chi connectivity index (χ0) is 25.7. The van der Waals surface area contributed by atoms with Crippen LogP contribution in [-0.2, 0) is 23.1 Å². The average Bonchev–Trinajstić information content (AvgIpc) is 2.76. The minimum atomic E-state index is -4.14. The van der Waals surface area contributed by atoms with E-state index in [1.807, 2.05) is 21.1 Å². The summed E-state index contributed by atoms with van der Waals surface area (Å²) in [5.74, 6) is -0.0310. The number of phosphoric acid groups is 1. The summed E-state index contributed by atoms with van der Waals surface area (Å²) in [6, 6.07) is 0. The van der Waals surface area contributed by atoms with Gasteiger partial charge in [0.2, 0.25) is 5.91 Å². The van der Waals surface area contributed by atoms with Crippen LogP contribution in [0.25, 0.3) is 0 Å². The molecule has 0 fully saturated rings. The summed E-state index contributed by atoms with van der Waals surface area (Å²) in [6.45, 7) is 3.05. The van der Waals surface area contributed by atoms with Crippen LogP contribution in [0, 0.1) is 0 Å². The van der Waals surface area contributed by atoms with E-state index in [1.54, 1.807) is 0 Å². The van der Waals surface area contributed by atoms with Crippen molar-refractivity contribution >= 4 is 13.7 Å². The quantitative estimate of drug-likeness (QED) is 0.102. The molecule has 204 valence electrons. The first-order valence-electron chi connectivity index (χ1n) is 13.3. The Balaban J connectivity index is 3.71. The lowest BCUT2D eigenvalue weighted by molar-refractivity contribution is -0.870. The Hall–Kier alpha value is -0.500. The highest BCUT2D eigenvalue weighted by molar-refractivity contribution is 7.47. The molecule has 2 atom stereocenters. The van der Waals surface area contributed by atoms with Crippen LogP contribution in [0.2, 0.25) is 0 Å². The third-order valence-corrected chi connectivity index (χ3v) is 6.79. The van der Waals surface area contributed by atoms with E-state index >= 15 is 0 Å². The first kappa shape index (κ1) is 33.5. The number of methoxy groups -OCH3 is 1. The summed E-state index contributed by atoms with van der Waals surface area (Å²) < 4.78 is 27.8. The van der Waals surface area contributed by atoms with E-state index in [1.165, 1.54) is 77.7 Å². The van der Waals surface area contributed by atoms with Gasteiger partial charge < -0.3 is 19.4 Å². The summed E-state index contributed by atoms with van der Waals surface area (Å²) in [4.78, 5) is 21.8. The van der Waals surface area contributed by atoms with Crippen molar-refractivity contribution < 1.29 is 32.5 Å². The number of carbonyl (C=O) groups excluding carboxylic acids is 1. The predicted molar refractivity (Wildman–Crippen MR) is 139 cm³/mol. The minimum absolute atomic E-state index is 0.0310. The van der Waals surface area contributed by atoms with E-state index in [2.05, 4.69) is 12.2 Å². The second-order valence-electron chi connectivity index (χ2n) is 10.3. The normalized spacial score (nSPS) is 14.6. The van der Waals surface area contributed by atoms with Crippen molar-refractivity contribution in [2.75, 3.05) is 54.6 Å². The van der Waals surface area contributed by atoms with Crippen LogP contribution >= 0.6 is 7.82 Å². The average molecular weight is 510 g/mol. The molecule has 0 aliphatic carbocycles. The van der Waals surface area contributed by atoms with Gasteiger partial charge in [-0.1, -0.05) is 84.0 Å². The summed E-state index contributed by atoms with van der Waals surface area (Å²) in [5.41, 5.74) is 0. The highest BCUT2D eigenvalue weighted by Crippen LogP contribution is 2.43. The van der Waals surface area contributed by atoms with Gasteiger partial charge in [0.1, 0.15) is 13.2 Å². The van der Waals surface area contributed by atoms with Crippen LogP contribution in [0.3, 0.4) is 0 Å². The second-order valence-corrected chi connectivity index (χ2v) is 11.7. The van der Waals surface area contributed by atoms with E-state index in [0.717, 1.165) is 12.8 Å². The molecule has 0 saturated carbocycles. The van der Waals surface area contributed by atoms with E-state index in [-0.39, 0.29) is 25.7 Å². The molecule has 0 bridgehead atoms. The third kappa shape index (κ3) is 23.3. The van der Waals surface area contributed by atoms with Gasteiger partial charge >= 0.3 is 7.82 Å². The van der Waals surface area contributed by atoms with Gasteiger partial charge in [0.25, 0.3) is 0 Å². The van der Waals surface area contributed by atoms with Gasteiger partial charge in [0.05, 0.1) is 33.9 Å². The fourth-order valence-corrected chi connectivity index (χ4v) is 4.22. The van der Waals surface area contributed by atoms with Gasteiger partial charge in [0.15, 0.2) is 0 Å². The Morgan fingerprint density at radius 3 is 1.85 bits per heavy atom. The number of hydrogen-bond donors (Lipinski definition) is 2. The maximum Gasteiger partial charge on any atom is 0.472 e. The Morgan fingerprint density at radius 2 is 1.38 bits per heavy atom. The zero-order valence-corrected chi connectivity index (χ0v) is 23.6. The molecular formula is C25H54N2O6P+. The number of amides is 1. The number of quaternary nitrogens is 1. The molecule has 1 unspecified atom stereocenters. The Morgan fingerprint density at radius 1 is 0.882 bits per heavy atom. The van der Waals surface area contributed by atoms with Crippen LogP contribution in [-0.4, -0.2) is 75.9 Å². The summed E-state index contributed by atoms with van der Waals surface area (Å²) in [6.07, 6.45) is 16.5. The Labute approximate surface area is 209 Å². The molecule has 0 heterocycles. The first-order chi connectivity index (χ1) is 16.1. The van der Waals surface area contributed by atoms with E-state index < -0.39 is 13.9 Å². The van der Waals surface area contributed by atoms with E-state index in [0.29, 0.717) is 17.4 Å². The molecule has 0 spiro atoms. The van der Waals surface area contributed by atoms with Gasteiger partial charge in [-0.25, -0.2) is 4.57 Å². The predicted octanol–water partition coefficient (Wildman–Crippen LogP) is 5.44. The van der Waals surface area contributed by atoms with Crippen LogP contribution in [0.4, 0.5) is 0 Å². The molecule has 2 N–H and O–H groups in total. The fourth-order valence-electron chi connectivity index (χ4n) is 3.47. The lowest BCUT2D eigenvalue weighted by atomic mass is 10.0. The molecule has 9 heteroatoms. The molecular weight excluding hydrogens is 455 g/mol. The van der Waals surface area contributed by atoms with Crippen molar-refractivity contribution in [2.24, 2.45) is 0 Å². The van der Waals surface area contributed by atoms with Crippen molar-refractivity contribution in [1.29, 1.82) is 0 Å². The summed E-state index contributed by atoms with van der Waals surface area (Å²) in [5, 5.41) is 2.82. The van der Waals surface area contributed by atoms with Crippen molar-refractivity contribution in [3.63, 3.8) is 0 Å². The van der Waals surface area contributed by atoms with Crippen molar-refractivity contribution in [3.05, 3.63) is 0 Å². The number of ether oxygens (including phenoxy) is 1. The van der Waals surface area contributed by atoms with Crippen LogP contribution in [0.15, 0.2) is 0 Å². The molecule has 1 amide bonds. The highest BCUT2D eigenvalue weighted by atomic mass is 31.2. The molecule has 0 radical (unpaired) electrons. The number of nitrogens with one attached hydrogen (secondary N) is 1. The fraction of sp³-hybridized carbons (Fsp3) is 0.960. The van der Waals surface area contributed by atoms with E-state index in [4.69, 9.17) is 13.8 Å². The van der Waals surface area contributed by atoms with Crippen LogP contribution in [0.5, 0.6) is 0 Å². The molecule has 0 rings (SSSR count). The molecule has 0 aromatic heterocycles. The number of unbranched alkanes of at least 4 members (excludes halogenated alkanes) is 12. The molecule has 0 aromatic carbocycles. The number of rotatable bonds is 24. The van der Waals surface area contributed by atoms with Crippen molar-refractivity contribution in [1.82, 2.24) is 5.32 Å². The number of carbonyl (C=O) groups is 1. The largest absolute Gasteiger partial charge is 0.472 e. The van der Waals surface area contributed by atoms with Gasteiger partial charge in [-0.15, -0.1) is 0 Å². The van der Waals surface area contributed by atoms with E-state index in [9.17, 15) is 14.3 Å². The molecule has 0 saturated heterocycles. The summed E-state index contributed by atoms with van der Waals surface area (Å²) in [7, 11) is 3.24. The molecule has 34 heavy (non-hydrogen) atoms. The van der Waals surface area contributed by atoms with Crippen molar-refractivity contribution in [2.45, 2.75) is 103 Å². The topological polar surface area (TPSA) is 94.1 Å². The Kier molecular flexibility index (Phi) is 20.4. The molecule has 8 nitrogen and oxygen atoms in total. The minimum Gasteiger partial charge on any atom is -0.377 e. The molecule has 0 aromatic rings. The highest BCUT2D eigenvalue weighted by Gasteiger charge is 2.24. The Bertz CT molecular complexity index is 542. The number of phosphoric ester groups is 1. The molecule has 0 aliphatic heterocycles. The van der Waals surface area contributed by atoms with Gasteiger partial charge in [-0.2, -0.15) is 0 Å². The smallest absolute Gasteiger partial charge is 0.377 e. The standard InChI is InChI=1S/C25H53N2O6P/c1-6-7-8-9-10-11-12-13-14-15-16-17-18-19-25(28)26-22-24(31-5)23-33-34(29,30)32-21-20-27(2,3)4/h24H,6-23H2,1-5H3,(H-,26,28,29,30)/p+1/t24-/m1/s1. The van der Waals surface area contributed by atoms with Gasteiger partial charge in [0, 0.05) is 20.1 Å². The maximum atomic E-state index is 12.1. The number of nitrogens with zero attached hydrogens (tertiary/aromatic N) is 1. The van der Waals surface area contributed by atoms with Crippen LogP contribution < -0.4 is 5.32 Å². The van der Waals surface area contributed by atoms with Crippen molar-refractivity contribution in [3.8, 4) is 0 Å². The van der Waals surface area contributed by atoms with Crippen LogP contribution in [0.1, 0.15) is 96.8 Å². The lowest BCUT2D eigenvalue weighted by Crippen LogP contribution is -2.37. The number of hydrogen-bond acceptors (Lipinski definition) is 5. The SMILES string of the molecule is CCCCCCCCCCCCCCCC(=O)NC[C@H](COP(=O)(O)OCC[N+](C)(C)C)OC. The zero-order valence-electron chi connectivity index (χ0n) is 22.7. The number of likely N-dealkylation sites (N-methyl/N-ethyl adjacent to an activating group) is 1. The second kappa shape index (κ2) is 20.7. The first-order valence-corrected chi connectivity index (χ1v) is 14.8. The van der Waals surface area contributed by atoms with Gasteiger partial charge in [-0.05, 0) is 6.42 Å². The summed E-state index contributed by atoms with van der Waals surface area (Å²) >= 11 is 0. The third-order valence-electron chi connectivity index (χ3n) is 5.81. The lowest BCUT2D eigenvalue weighted by Gasteiger charge is -2.24. The molecule has 0 aliphatic rings. The van der Waals surface area contributed by atoms with Gasteiger partial charge in [-0.3, -0.25) is 13.8 Å². The monoisotopic (exact) mass is 509 g/mol. The maximum absolute atomic E-state index is 12.1.